The molecule has 1 aliphatic rings. The first-order valence-electron chi connectivity index (χ1n) is 6.86. The number of hydrogen-bond acceptors (Lipinski definition) is 6. The molecule has 0 saturated carbocycles. The summed E-state index contributed by atoms with van der Waals surface area (Å²) in [5, 5.41) is 20.9. The molecule has 1 aromatic rings. The van der Waals surface area contributed by atoms with Crippen LogP contribution in [0.2, 0.25) is 0 Å². The number of rotatable bonds is 6. The van der Waals surface area contributed by atoms with Crippen LogP contribution in [-0.2, 0) is 14.3 Å². The minimum absolute atomic E-state index is 0.0633. The number of nitro groups is 1. The number of Topliss-reactive ketones (excluding diaryl/α,β-unsaturated/α-hetero) is 1. The van der Waals surface area contributed by atoms with Gasteiger partial charge in [-0.05, 0) is 12.5 Å². The summed E-state index contributed by atoms with van der Waals surface area (Å²) >= 11 is 0. The van der Waals surface area contributed by atoms with E-state index in [4.69, 9.17) is 4.74 Å². The quantitative estimate of drug-likeness (QED) is 0.628. The molecule has 0 radical (unpaired) electrons. The van der Waals surface area contributed by atoms with Crippen molar-refractivity contribution in [1.29, 1.82) is 0 Å². The molecule has 1 N–H and O–H groups in total. The Hall–Kier alpha value is -2.74. The lowest BCUT2D eigenvalue weighted by Crippen LogP contribution is -2.33. The summed E-state index contributed by atoms with van der Waals surface area (Å²) in [5.74, 6) is -1.78. The van der Waals surface area contributed by atoms with Crippen LogP contribution in [0.15, 0.2) is 35.6 Å². The smallest absolute Gasteiger partial charge is 0.290 e. The number of aliphatic hydroxyl groups excluding tert-OH is 1. The van der Waals surface area contributed by atoms with Crippen LogP contribution in [0.1, 0.15) is 18.5 Å². The third kappa shape index (κ3) is 3.07. The summed E-state index contributed by atoms with van der Waals surface area (Å²) in [6.45, 7) is 1.59. The number of nitrogens with zero attached hydrogens (tertiary/aromatic N) is 2. The van der Waals surface area contributed by atoms with E-state index in [2.05, 4.69) is 0 Å². The Labute approximate surface area is 132 Å². The molecule has 122 valence electrons. The van der Waals surface area contributed by atoms with Gasteiger partial charge in [0.05, 0.1) is 23.1 Å². The first-order chi connectivity index (χ1) is 10.9. The largest absolute Gasteiger partial charge is 0.503 e. The van der Waals surface area contributed by atoms with Gasteiger partial charge in [0.2, 0.25) is 0 Å². The summed E-state index contributed by atoms with van der Waals surface area (Å²) in [6.07, 6.45) is 0. The van der Waals surface area contributed by atoms with Gasteiger partial charge >= 0.3 is 0 Å². The highest BCUT2D eigenvalue weighted by Gasteiger charge is 2.42. The van der Waals surface area contributed by atoms with E-state index in [0.717, 1.165) is 0 Å². The Balaban J connectivity index is 2.52. The highest BCUT2D eigenvalue weighted by molar-refractivity contribution is 6.08. The number of carbonyl (C=O) groups is 2. The maximum absolute atomic E-state index is 12.2. The zero-order valence-corrected chi connectivity index (χ0v) is 12.7. The zero-order chi connectivity index (χ0) is 17.1. The molecule has 0 fully saturated rings. The van der Waals surface area contributed by atoms with Gasteiger partial charge in [-0.1, -0.05) is 12.1 Å². The number of hydrogen-bond donors (Lipinski definition) is 1. The standard InChI is InChI=1S/C15H16N2O6/c1-9(18)12-13(10-4-3-5-11(8-10)17(21)22)16(6-7-23-2)15(20)14(12)19/h3-5,8,13,19H,6-7H2,1-2H3/t13-/m1/s1. The van der Waals surface area contributed by atoms with Crippen molar-refractivity contribution >= 4 is 17.4 Å². The Morgan fingerprint density at radius 3 is 2.74 bits per heavy atom. The molecule has 0 saturated heterocycles. The second-order valence-electron chi connectivity index (χ2n) is 5.06. The fourth-order valence-corrected chi connectivity index (χ4v) is 2.59. The van der Waals surface area contributed by atoms with Gasteiger partial charge in [0.1, 0.15) is 0 Å². The fourth-order valence-electron chi connectivity index (χ4n) is 2.59. The number of benzene rings is 1. The normalized spacial score (nSPS) is 17.7. The van der Waals surface area contributed by atoms with Crippen molar-refractivity contribution in [2.24, 2.45) is 0 Å². The molecule has 0 bridgehead atoms. The van der Waals surface area contributed by atoms with E-state index < -0.39 is 28.4 Å². The monoisotopic (exact) mass is 320 g/mol. The molecule has 0 aromatic heterocycles. The van der Waals surface area contributed by atoms with Gasteiger partial charge in [0, 0.05) is 25.8 Å². The molecule has 23 heavy (non-hydrogen) atoms. The van der Waals surface area contributed by atoms with Crippen molar-refractivity contribution in [3.8, 4) is 0 Å². The number of non-ortho nitro benzene ring substituents is 1. The van der Waals surface area contributed by atoms with Crippen LogP contribution in [-0.4, -0.2) is 46.9 Å². The minimum atomic E-state index is -0.866. The van der Waals surface area contributed by atoms with Gasteiger partial charge in [-0.2, -0.15) is 0 Å². The van der Waals surface area contributed by atoms with E-state index in [-0.39, 0.29) is 24.4 Å². The molecule has 1 aromatic carbocycles. The van der Waals surface area contributed by atoms with Gasteiger partial charge in [-0.3, -0.25) is 19.7 Å². The predicted molar refractivity (Wildman–Crippen MR) is 79.8 cm³/mol. The maximum Gasteiger partial charge on any atom is 0.290 e. The van der Waals surface area contributed by atoms with Crippen LogP contribution in [0.25, 0.3) is 0 Å². The third-order valence-electron chi connectivity index (χ3n) is 3.62. The first-order valence-corrected chi connectivity index (χ1v) is 6.86. The van der Waals surface area contributed by atoms with Crippen molar-refractivity contribution in [1.82, 2.24) is 4.90 Å². The van der Waals surface area contributed by atoms with E-state index >= 15 is 0 Å². The van der Waals surface area contributed by atoms with Crippen molar-refractivity contribution in [3.63, 3.8) is 0 Å². The number of carbonyl (C=O) groups excluding carboxylic acids is 2. The minimum Gasteiger partial charge on any atom is -0.503 e. The fraction of sp³-hybridized carbons (Fsp3) is 0.333. The highest BCUT2D eigenvalue weighted by atomic mass is 16.6. The summed E-state index contributed by atoms with van der Waals surface area (Å²) < 4.78 is 4.94. The van der Waals surface area contributed by atoms with E-state index in [1.165, 1.54) is 37.1 Å². The first kappa shape index (κ1) is 16.6. The van der Waals surface area contributed by atoms with Crippen LogP contribution in [0.5, 0.6) is 0 Å². The van der Waals surface area contributed by atoms with Crippen LogP contribution in [0.3, 0.4) is 0 Å². The number of ketones is 1. The summed E-state index contributed by atoms with van der Waals surface area (Å²) in [4.78, 5) is 35.7. The molecule has 8 nitrogen and oxygen atoms in total. The van der Waals surface area contributed by atoms with E-state index in [1.807, 2.05) is 0 Å². The van der Waals surface area contributed by atoms with E-state index in [1.54, 1.807) is 6.07 Å². The molecule has 0 aliphatic carbocycles. The second-order valence-corrected chi connectivity index (χ2v) is 5.06. The summed E-state index contributed by atoms with van der Waals surface area (Å²) in [5.41, 5.74) is 0.167. The molecule has 1 amide bonds. The van der Waals surface area contributed by atoms with Crippen LogP contribution < -0.4 is 0 Å². The number of amides is 1. The lowest BCUT2D eigenvalue weighted by atomic mass is 9.96. The van der Waals surface area contributed by atoms with Crippen molar-refractivity contribution in [3.05, 3.63) is 51.3 Å². The number of nitro benzene ring substituents is 1. The maximum atomic E-state index is 12.2. The number of ether oxygens (including phenoxy) is 1. The molecule has 0 spiro atoms. The molecule has 0 unspecified atom stereocenters. The zero-order valence-electron chi connectivity index (χ0n) is 12.7. The topological polar surface area (TPSA) is 110 Å². The van der Waals surface area contributed by atoms with Crippen molar-refractivity contribution < 1.29 is 24.4 Å². The van der Waals surface area contributed by atoms with Gasteiger partial charge < -0.3 is 14.7 Å². The second kappa shape index (κ2) is 6.57. The number of methoxy groups -OCH3 is 1. The predicted octanol–water partition coefficient (Wildman–Crippen LogP) is 1.53. The van der Waals surface area contributed by atoms with Crippen LogP contribution in [0.4, 0.5) is 5.69 Å². The lowest BCUT2D eigenvalue weighted by molar-refractivity contribution is -0.384. The average Bonchev–Trinajstić information content (AvgIpc) is 2.77. The van der Waals surface area contributed by atoms with Crippen molar-refractivity contribution in [2.45, 2.75) is 13.0 Å². The Morgan fingerprint density at radius 2 is 2.17 bits per heavy atom. The molecule has 8 heteroatoms. The summed E-state index contributed by atoms with van der Waals surface area (Å²) in [6, 6.07) is 4.79. The van der Waals surface area contributed by atoms with Gasteiger partial charge in [0.15, 0.2) is 11.5 Å². The molecular weight excluding hydrogens is 304 g/mol. The van der Waals surface area contributed by atoms with E-state index in [9.17, 15) is 24.8 Å². The molecule has 1 aliphatic heterocycles. The highest BCUT2D eigenvalue weighted by Crippen LogP contribution is 2.38. The third-order valence-corrected chi connectivity index (χ3v) is 3.62. The SMILES string of the molecule is COCCN1C(=O)C(O)=C(C(C)=O)[C@H]1c1cccc([N+](=O)[O-])c1. The average molecular weight is 320 g/mol. The molecule has 1 heterocycles. The molecule has 1 atom stereocenters. The Bertz CT molecular complexity index is 697. The van der Waals surface area contributed by atoms with Crippen LogP contribution >= 0.6 is 0 Å². The number of aliphatic hydroxyl groups is 1. The van der Waals surface area contributed by atoms with Crippen LogP contribution in [0, 0.1) is 10.1 Å². The summed E-state index contributed by atoms with van der Waals surface area (Å²) in [7, 11) is 1.46. The lowest BCUT2D eigenvalue weighted by Gasteiger charge is -2.26. The van der Waals surface area contributed by atoms with Gasteiger partial charge in [0.25, 0.3) is 11.6 Å². The molecular formula is C15H16N2O6. The van der Waals surface area contributed by atoms with E-state index in [0.29, 0.717) is 5.56 Å². The Kier molecular flexibility index (Phi) is 4.75. The van der Waals surface area contributed by atoms with Gasteiger partial charge in [-0.25, -0.2) is 0 Å². The van der Waals surface area contributed by atoms with Gasteiger partial charge in [-0.15, -0.1) is 0 Å². The Morgan fingerprint density at radius 1 is 1.48 bits per heavy atom. The molecule has 2 rings (SSSR count). The van der Waals surface area contributed by atoms with Crippen molar-refractivity contribution in [2.75, 3.05) is 20.3 Å².